The predicted octanol–water partition coefficient (Wildman–Crippen LogP) is 3.86. The van der Waals surface area contributed by atoms with E-state index in [1.165, 1.54) is 24.3 Å². The summed E-state index contributed by atoms with van der Waals surface area (Å²) in [5, 5.41) is 10.7. The Morgan fingerprint density at radius 3 is 2.26 bits per heavy atom. The molecule has 0 bridgehead atoms. The van der Waals surface area contributed by atoms with Gasteiger partial charge in [-0.1, -0.05) is 18.2 Å². The van der Waals surface area contributed by atoms with Crippen molar-refractivity contribution < 1.29 is 23.1 Å². The number of carboxylic acid groups (broad SMARTS) is 1. The van der Waals surface area contributed by atoms with Gasteiger partial charge in [0, 0.05) is 17.2 Å². The number of anilines is 1. The zero-order valence-electron chi connectivity index (χ0n) is 9.45. The Kier molecular flexibility index (Phi) is 3.41. The maximum atomic E-state index is 13.7. The second kappa shape index (κ2) is 5.01. The maximum absolute atomic E-state index is 13.7. The number of hydrogen-bond acceptors (Lipinski definition) is 1. The highest BCUT2D eigenvalue weighted by Crippen LogP contribution is 2.31. The molecule has 0 heterocycles. The lowest BCUT2D eigenvalue weighted by Crippen LogP contribution is -2.08. The number of rotatable bonds is 2. The van der Waals surface area contributed by atoms with Gasteiger partial charge in [-0.25, -0.2) is 18.0 Å². The average molecular weight is 267 g/mol. The minimum atomic E-state index is -1.34. The third-order valence-electron chi connectivity index (χ3n) is 2.47. The fourth-order valence-corrected chi connectivity index (χ4v) is 1.67. The summed E-state index contributed by atoms with van der Waals surface area (Å²) in [4.78, 5) is 10.6. The van der Waals surface area contributed by atoms with Crippen LogP contribution >= 0.6 is 0 Å². The molecule has 6 heteroatoms. The minimum Gasteiger partial charge on any atom is -0.465 e. The van der Waals surface area contributed by atoms with Crippen LogP contribution in [-0.2, 0) is 0 Å². The van der Waals surface area contributed by atoms with Crippen LogP contribution in [0, 0.1) is 17.5 Å². The van der Waals surface area contributed by atoms with Gasteiger partial charge in [-0.15, -0.1) is 0 Å². The highest BCUT2D eigenvalue weighted by atomic mass is 19.2. The molecule has 0 atom stereocenters. The van der Waals surface area contributed by atoms with Crippen molar-refractivity contribution >= 4 is 11.8 Å². The van der Waals surface area contributed by atoms with E-state index in [1.54, 1.807) is 0 Å². The topological polar surface area (TPSA) is 49.3 Å². The molecule has 3 nitrogen and oxygen atoms in total. The van der Waals surface area contributed by atoms with Crippen molar-refractivity contribution in [1.82, 2.24) is 0 Å². The molecule has 0 radical (unpaired) electrons. The van der Waals surface area contributed by atoms with Crippen LogP contribution in [0.3, 0.4) is 0 Å². The molecule has 0 unspecified atom stereocenters. The summed E-state index contributed by atoms with van der Waals surface area (Å²) >= 11 is 0. The summed E-state index contributed by atoms with van der Waals surface area (Å²) < 4.78 is 39.7. The van der Waals surface area contributed by atoms with Gasteiger partial charge < -0.3 is 5.11 Å². The summed E-state index contributed by atoms with van der Waals surface area (Å²) in [5.74, 6) is -3.48. The van der Waals surface area contributed by atoms with Crippen LogP contribution in [0.1, 0.15) is 0 Å². The van der Waals surface area contributed by atoms with Crippen molar-refractivity contribution in [3.05, 3.63) is 53.8 Å². The second-order valence-electron chi connectivity index (χ2n) is 3.72. The lowest BCUT2D eigenvalue weighted by Gasteiger charge is -2.10. The van der Waals surface area contributed by atoms with Gasteiger partial charge in [-0.3, -0.25) is 5.32 Å². The van der Waals surface area contributed by atoms with Gasteiger partial charge in [-0.05, 0) is 12.1 Å². The van der Waals surface area contributed by atoms with E-state index in [1.807, 2.05) is 0 Å². The first-order chi connectivity index (χ1) is 8.99. The van der Waals surface area contributed by atoms with Gasteiger partial charge >= 0.3 is 6.09 Å². The van der Waals surface area contributed by atoms with Gasteiger partial charge in [0.2, 0.25) is 0 Å². The molecule has 0 aliphatic heterocycles. The SMILES string of the molecule is O=C(O)Nc1ccccc1-c1cc(F)c(F)cc1F. The molecular weight excluding hydrogens is 259 g/mol. The number of hydrogen-bond donors (Lipinski definition) is 2. The van der Waals surface area contributed by atoms with Gasteiger partial charge in [0.15, 0.2) is 11.6 Å². The van der Waals surface area contributed by atoms with Crippen LogP contribution in [0.2, 0.25) is 0 Å². The summed E-state index contributed by atoms with van der Waals surface area (Å²) in [5.41, 5.74) is -0.00976. The Balaban J connectivity index is 2.59. The zero-order valence-corrected chi connectivity index (χ0v) is 9.45. The Bertz CT molecular complexity index is 644. The molecular formula is C13H8F3NO2. The van der Waals surface area contributed by atoms with Crippen LogP contribution in [0.4, 0.5) is 23.7 Å². The van der Waals surface area contributed by atoms with E-state index in [4.69, 9.17) is 5.11 Å². The fraction of sp³-hybridized carbons (Fsp3) is 0. The van der Waals surface area contributed by atoms with E-state index in [9.17, 15) is 18.0 Å². The Morgan fingerprint density at radius 1 is 0.947 bits per heavy atom. The van der Waals surface area contributed by atoms with E-state index in [0.29, 0.717) is 12.1 Å². The second-order valence-corrected chi connectivity index (χ2v) is 3.72. The standard InChI is InChI=1S/C13H8F3NO2/c14-9-6-11(16)10(15)5-8(9)7-3-1-2-4-12(7)17-13(18)19/h1-6,17H,(H,18,19). The molecule has 0 fully saturated rings. The molecule has 2 N–H and O–H groups in total. The molecule has 0 saturated heterocycles. The molecule has 19 heavy (non-hydrogen) atoms. The summed E-state index contributed by atoms with van der Waals surface area (Å²) in [7, 11) is 0. The predicted molar refractivity (Wildman–Crippen MR) is 63.4 cm³/mol. The Morgan fingerprint density at radius 2 is 1.58 bits per heavy atom. The highest BCUT2D eigenvalue weighted by Gasteiger charge is 2.14. The number of para-hydroxylation sites is 1. The first kappa shape index (κ1) is 12.9. The fourth-order valence-electron chi connectivity index (χ4n) is 1.67. The lowest BCUT2D eigenvalue weighted by molar-refractivity contribution is 0.210. The molecule has 2 aromatic carbocycles. The van der Waals surface area contributed by atoms with Gasteiger partial charge in [0.25, 0.3) is 0 Å². The molecule has 1 amide bonds. The molecule has 0 aromatic heterocycles. The van der Waals surface area contributed by atoms with Crippen LogP contribution in [-0.4, -0.2) is 11.2 Å². The number of halogens is 3. The summed E-state index contributed by atoms with van der Waals surface area (Å²) in [6, 6.07) is 6.97. The third-order valence-corrected chi connectivity index (χ3v) is 2.47. The smallest absolute Gasteiger partial charge is 0.409 e. The van der Waals surface area contributed by atoms with Crippen molar-refractivity contribution in [1.29, 1.82) is 0 Å². The van der Waals surface area contributed by atoms with Crippen molar-refractivity contribution in [2.24, 2.45) is 0 Å². The molecule has 0 aliphatic carbocycles. The van der Waals surface area contributed by atoms with E-state index >= 15 is 0 Å². The largest absolute Gasteiger partial charge is 0.465 e. The molecule has 0 aliphatic rings. The minimum absolute atomic E-state index is 0.0832. The highest BCUT2D eigenvalue weighted by molar-refractivity contribution is 5.90. The number of nitrogens with one attached hydrogen (secondary N) is 1. The monoisotopic (exact) mass is 267 g/mol. The third kappa shape index (κ3) is 2.67. The average Bonchev–Trinajstić information content (AvgIpc) is 2.34. The normalized spacial score (nSPS) is 10.3. The molecule has 0 spiro atoms. The number of carbonyl (C=O) groups is 1. The summed E-state index contributed by atoms with van der Waals surface area (Å²) in [6.07, 6.45) is -1.34. The summed E-state index contributed by atoms with van der Waals surface area (Å²) in [6.45, 7) is 0. The molecule has 98 valence electrons. The van der Waals surface area contributed by atoms with Crippen LogP contribution in [0.5, 0.6) is 0 Å². The van der Waals surface area contributed by atoms with Crippen molar-refractivity contribution in [3.8, 4) is 11.1 Å². The maximum Gasteiger partial charge on any atom is 0.409 e. The number of amides is 1. The van der Waals surface area contributed by atoms with Gasteiger partial charge in [-0.2, -0.15) is 0 Å². The van der Waals surface area contributed by atoms with Gasteiger partial charge in [0.05, 0.1) is 5.69 Å². The molecule has 2 rings (SSSR count). The van der Waals surface area contributed by atoms with Crippen molar-refractivity contribution in [3.63, 3.8) is 0 Å². The molecule has 0 saturated carbocycles. The number of benzene rings is 2. The first-order valence-electron chi connectivity index (χ1n) is 5.23. The lowest BCUT2D eigenvalue weighted by atomic mass is 10.0. The first-order valence-corrected chi connectivity index (χ1v) is 5.23. The Hall–Kier alpha value is -2.50. The van der Waals surface area contributed by atoms with Crippen LogP contribution in [0.25, 0.3) is 11.1 Å². The Labute approximate surface area is 106 Å². The van der Waals surface area contributed by atoms with Crippen molar-refractivity contribution in [2.45, 2.75) is 0 Å². The quantitative estimate of drug-likeness (QED) is 0.812. The van der Waals surface area contributed by atoms with E-state index in [2.05, 4.69) is 5.32 Å². The van der Waals surface area contributed by atoms with E-state index < -0.39 is 23.5 Å². The van der Waals surface area contributed by atoms with Gasteiger partial charge in [0.1, 0.15) is 5.82 Å². The zero-order chi connectivity index (χ0) is 14.0. The van der Waals surface area contributed by atoms with E-state index in [-0.39, 0.29) is 16.8 Å². The van der Waals surface area contributed by atoms with Crippen molar-refractivity contribution in [2.75, 3.05) is 5.32 Å². The van der Waals surface area contributed by atoms with Crippen LogP contribution < -0.4 is 5.32 Å². The van der Waals surface area contributed by atoms with E-state index in [0.717, 1.165) is 0 Å². The van der Waals surface area contributed by atoms with Crippen LogP contribution in [0.15, 0.2) is 36.4 Å². The molecule has 2 aromatic rings.